The van der Waals surface area contributed by atoms with Crippen LogP contribution in [0.4, 0.5) is 10.8 Å². The molecule has 0 unspecified atom stereocenters. The minimum Gasteiger partial charge on any atom is -0.298 e. The van der Waals surface area contributed by atoms with E-state index in [9.17, 15) is 14.4 Å². The summed E-state index contributed by atoms with van der Waals surface area (Å²) in [6, 6.07) is 6.44. The molecule has 1 aromatic heterocycles. The third kappa shape index (κ3) is 2.68. The molecule has 21 heavy (non-hydrogen) atoms. The van der Waals surface area contributed by atoms with Crippen LogP contribution in [-0.4, -0.2) is 22.7 Å². The SMILES string of the molecule is O=C(Nc1nccs1)c1cccc(N2C(=O)CCC2=O)c1. The third-order valence-electron chi connectivity index (χ3n) is 3.07. The Morgan fingerprint density at radius 1 is 1.24 bits per heavy atom. The summed E-state index contributed by atoms with van der Waals surface area (Å²) < 4.78 is 0. The van der Waals surface area contributed by atoms with Crippen molar-refractivity contribution < 1.29 is 14.4 Å². The summed E-state index contributed by atoms with van der Waals surface area (Å²) in [5.41, 5.74) is 0.796. The largest absolute Gasteiger partial charge is 0.298 e. The number of carbonyl (C=O) groups is 3. The van der Waals surface area contributed by atoms with Crippen LogP contribution in [0.25, 0.3) is 0 Å². The number of hydrogen-bond acceptors (Lipinski definition) is 5. The second kappa shape index (κ2) is 5.45. The van der Waals surface area contributed by atoms with E-state index < -0.39 is 0 Å². The zero-order valence-corrected chi connectivity index (χ0v) is 11.7. The molecule has 2 aromatic rings. The smallest absolute Gasteiger partial charge is 0.257 e. The van der Waals surface area contributed by atoms with Gasteiger partial charge in [-0.3, -0.25) is 24.6 Å². The van der Waals surface area contributed by atoms with Crippen LogP contribution in [0.2, 0.25) is 0 Å². The highest BCUT2D eigenvalue weighted by atomic mass is 32.1. The van der Waals surface area contributed by atoms with Crippen molar-refractivity contribution >= 4 is 39.9 Å². The van der Waals surface area contributed by atoms with E-state index >= 15 is 0 Å². The highest BCUT2D eigenvalue weighted by molar-refractivity contribution is 7.13. The Kier molecular flexibility index (Phi) is 3.49. The summed E-state index contributed by atoms with van der Waals surface area (Å²) in [5, 5.41) is 4.91. The molecule has 1 N–H and O–H groups in total. The minimum absolute atomic E-state index is 0.217. The highest BCUT2D eigenvalue weighted by Gasteiger charge is 2.30. The van der Waals surface area contributed by atoms with Crippen molar-refractivity contribution in [2.45, 2.75) is 12.8 Å². The van der Waals surface area contributed by atoms with Gasteiger partial charge in [0.15, 0.2) is 5.13 Å². The first-order valence-electron chi connectivity index (χ1n) is 6.32. The normalized spacial score (nSPS) is 14.6. The van der Waals surface area contributed by atoms with Gasteiger partial charge in [-0.1, -0.05) is 6.07 Å². The predicted molar refractivity (Wildman–Crippen MR) is 78.2 cm³/mol. The highest BCUT2D eigenvalue weighted by Crippen LogP contribution is 2.24. The lowest BCUT2D eigenvalue weighted by Gasteiger charge is -2.14. The summed E-state index contributed by atoms with van der Waals surface area (Å²) in [5.74, 6) is -0.805. The molecule has 0 saturated carbocycles. The zero-order valence-electron chi connectivity index (χ0n) is 10.9. The topological polar surface area (TPSA) is 79.4 Å². The van der Waals surface area contributed by atoms with Crippen molar-refractivity contribution in [3.8, 4) is 0 Å². The number of amides is 3. The van der Waals surface area contributed by atoms with Crippen molar-refractivity contribution in [2.75, 3.05) is 10.2 Å². The number of benzene rings is 1. The standard InChI is InChI=1S/C14H11N3O3S/c18-11-4-5-12(19)17(11)10-3-1-2-9(8-10)13(20)16-14-15-6-7-21-14/h1-3,6-8H,4-5H2,(H,15,16,20). The molecular formula is C14H11N3O3S. The first-order valence-corrected chi connectivity index (χ1v) is 7.20. The van der Waals surface area contributed by atoms with Gasteiger partial charge < -0.3 is 0 Å². The van der Waals surface area contributed by atoms with Gasteiger partial charge in [0.1, 0.15) is 0 Å². The average molecular weight is 301 g/mol. The summed E-state index contributed by atoms with van der Waals surface area (Å²) >= 11 is 1.31. The van der Waals surface area contributed by atoms with Gasteiger partial charge in [0, 0.05) is 30.0 Å². The monoisotopic (exact) mass is 301 g/mol. The minimum atomic E-state index is -0.328. The van der Waals surface area contributed by atoms with Crippen LogP contribution in [0, 0.1) is 0 Å². The molecule has 0 aliphatic carbocycles. The molecule has 3 rings (SSSR count). The van der Waals surface area contributed by atoms with Crippen LogP contribution in [0.15, 0.2) is 35.8 Å². The lowest BCUT2D eigenvalue weighted by Crippen LogP contribution is -2.28. The molecule has 2 heterocycles. The van der Waals surface area contributed by atoms with Gasteiger partial charge in [-0.2, -0.15) is 0 Å². The molecule has 1 saturated heterocycles. The molecular weight excluding hydrogens is 290 g/mol. The Balaban J connectivity index is 1.84. The predicted octanol–water partition coefficient (Wildman–Crippen LogP) is 2.05. The van der Waals surface area contributed by atoms with Crippen LogP contribution in [0.1, 0.15) is 23.2 Å². The lowest BCUT2D eigenvalue weighted by atomic mass is 10.2. The summed E-state index contributed by atoms with van der Waals surface area (Å²) in [4.78, 5) is 40.6. The summed E-state index contributed by atoms with van der Waals surface area (Å²) in [6.45, 7) is 0. The van der Waals surface area contributed by atoms with Gasteiger partial charge in [-0.15, -0.1) is 11.3 Å². The molecule has 1 aromatic carbocycles. The van der Waals surface area contributed by atoms with E-state index in [1.54, 1.807) is 29.8 Å². The van der Waals surface area contributed by atoms with Crippen molar-refractivity contribution in [3.63, 3.8) is 0 Å². The van der Waals surface area contributed by atoms with Crippen LogP contribution in [0.5, 0.6) is 0 Å². The second-order valence-electron chi connectivity index (χ2n) is 4.46. The van der Waals surface area contributed by atoms with Gasteiger partial charge in [0.2, 0.25) is 11.8 Å². The Hall–Kier alpha value is -2.54. The van der Waals surface area contributed by atoms with Crippen molar-refractivity contribution in [2.24, 2.45) is 0 Å². The molecule has 7 heteroatoms. The van der Waals surface area contributed by atoms with Gasteiger partial charge in [-0.25, -0.2) is 4.98 Å². The fraction of sp³-hybridized carbons (Fsp3) is 0.143. The molecule has 1 fully saturated rings. The zero-order chi connectivity index (χ0) is 14.8. The van der Waals surface area contributed by atoms with E-state index in [4.69, 9.17) is 0 Å². The maximum absolute atomic E-state index is 12.1. The molecule has 0 radical (unpaired) electrons. The Morgan fingerprint density at radius 3 is 2.67 bits per heavy atom. The molecule has 0 atom stereocenters. The Bertz CT molecular complexity index is 696. The van der Waals surface area contributed by atoms with E-state index in [2.05, 4.69) is 10.3 Å². The number of carbonyl (C=O) groups excluding carboxylic acids is 3. The number of rotatable bonds is 3. The molecule has 0 spiro atoms. The fourth-order valence-electron chi connectivity index (χ4n) is 2.11. The van der Waals surface area contributed by atoms with Crippen molar-refractivity contribution in [1.29, 1.82) is 0 Å². The Morgan fingerprint density at radius 2 is 2.00 bits per heavy atom. The van der Waals surface area contributed by atoms with Gasteiger partial charge in [0.05, 0.1) is 5.69 Å². The van der Waals surface area contributed by atoms with Crippen LogP contribution in [0.3, 0.4) is 0 Å². The average Bonchev–Trinajstić information content (AvgIpc) is 3.09. The van der Waals surface area contributed by atoms with Crippen LogP contribution in [-0.2, 0) is 9.59 Å². The number of thiazole rings is 1. The second-order valence-corrected chi connectivity index (χ2v) is 5.36. The summed E-state index contributed by atoms with van der Waals surface area (Å²) in [6.07, 6.45) is 2.03. The van der Waals surface area contributed by atoms with Crippen molar-refractivity contribution in [3.05, 3.63) is 41.4 Å². The van der Waals surface area contributed by atoms with Gasteiger partial charge >= 0.3 is 0 Å². The molecule has 3 amide bonds. The fourth-order valence-corrected chi connectivity index (χ4v) is 2.63. The quantitative estimate of drug-likeness (QED) is 0.880. The summed E-state index contributed by atoms with van der Waals surface area (Å²) in [7, 11) is 0. The number of nitrogens with one attached hydrogen (secondary N) is 1. The number of aromatic nitrogens is 1. The molecule has 0 bridgehead atoms. The maximum Gasteiger partial charge on any atom is 0.257 e. The van der Waals surface area contributed by atoms with E-state index in [-0.39, 0.29) is 30.6 Å². The number of nitrogens with zero attached hydrogens (tertiary/aromatic N) is 2. The van der Waals surface area contributed by atoms with Crippen molar-refractivity contribution in [1.82, 2.24) is 4.98 Å². The molecule has 1 aliphatic heterocycles. The first kappa shape index (κ1) is 13.4. The maximum atomic E-state index is 12.1. The van der Waals surface area contributed by atoms with E-state index in [1.165, 1.54) is 17.4 Å². The van der Waals surface area contributed by atoms with E-state index in [0.29, 0.717) is 16.4 Å². The van der Waals surface area contributed by atoms with Gasteiger partial charge in [0.25, 0.3) is 5.91 Å². The first-order chi connectivity index (χ1) is 10.1. The molecule has 106 valence electrons. The number of anilines is 2. The van der Waals surface area contributed by atoms with Crippen LogP contribution < -0.4 is 10.2 Å². The van der Waals surface area contributed by atoms with E-state index in [0.717, 1.165) is 4.90 Å². The van der Waals surface area contributed by atoms with Gasteiger partial charge in [-0.05, 0) is 18.2 Å². The lowest BCUT2D eigenvalue weighted by molar-refractivity contribution is -0.121. The molecule has 1 aliphatic rings. The number of hydrogen-bond donors (Lipinski definition) is 1. The Labute approximate surface area is 124 Å². The van der Waals surface area contributed by atoms with Crippen LogP contribution >= 0.6 is 11.3 Å². The molecule has 6 nitrogen and oxygen atoms in total. The third-order valence-corrected chi connectivity index (χ3v) is 3.76. The van der Waals surface area contributed by atoms with E-state index in [1.807, 2.05) is 0 Å². The number of imide groups is 1.